The van der Waals surface area contributed by atoms with Gasteiger partial charge < -0.3 is 24.1 Å². The van der Waals surface area contributed by atoms with Crippen LogP contribution in [0.5, 0.6) is 0 Å². The molecule has 1 aromatic rings. The zero-order valence-corrected chi connectivity index (χ0v) is 35.2. The number of ether oxygens (including phenoxy) is 1. The molecule has 1 aromatic heterocycles. The highest BCUT2D eigenvalue weighted by Crippen LogP contribution is 2.39. The van der Waals surface area contributed by atoms with Gasteiger partial charge in [0.25, 0.3) is 0 Å². The molecular weight excluding hydrogens is 669 g/mol. The second-order valence-corrected chi connectivity index (χ2v) is 21.9. The molecule has 0 bridgehead atoms. The van der Waals surface area contributed by atoms with Crippen LogP contribution >= 0.6 is 11.3 Å². The van der Waals surface area contributed by atoms with Crippen LogP contribution in [0.25, 0.3) is 0 Å². The Kier molecular flexibility index (Phi) is 17.6. The van der Waals surface area contributed by atoms with E-state index in [-0.39, 0.29) is 47.5 Å². The van der Waals surface area contributed by atoms with E-state index in [2.05, 4.69) is 85.3 Å². The Morgan fingerprint density at radius 3 is 2.40 bits per heavy atom. The number of amides is 2. The van der Waals surface area contributed by atoms with E-state index in [0.29, 0.717) is 24.7 Å². The van der Waals surface area contributed by atoms with Crippen molar-refractivity contribution in [1.29, 1.82) is 0 Å². The number of aromatic nitrogens is 1. The number of likely N-dealkylation sites (tertiary alicyclic amines) is 1. The molecule has 10 nitrogen and oxygen atoms in total. The number of hydrogen-bond donors (Lipinski definition) is 1. The molecule has 1 aliphatic rings. The van der Waals surface area contributed by atoms with Crippen LogP contribution in [-0.2, 0) is 18.8 Å². The van der Waals surface area contributed by atoms with Crippen molar-refractivity contribution in [3.63, 3.8) is 0 Å². The van der Waals surface area contributed by atoms with Gasteiger partial charge in [-0.05, 0) is 63.1 Å². The molecule has 2 amide bonds. The second-order valence-electron chi connectivity index (χ2n) is 16.2. The van der Waals surface area contributed by atoms with Crippen LogP contribution in [-0.4, -0.2) is 102 Å². The molecule has 1 aliphatic heterocycles. The summed E-state index contributed by atoms with van der Waals surface area (Å²) in [5.41, 5.74) is -0.449. The molecule has 0 unspecified atom stereocenters. The largest absolute Gasteiger partial charge is 0.461 e. The van der Waals surface area contributed by atoms with Crippen molar-refractivity contribution in [3.8, 4) is 0 Å². The van der Waals surface area contributed by atoms with E-state index in [1.165, 1.54) is 11.3 Å². The van der Waals surface area contributed by atoms with E-state index >= 15 is 4.79 Å². The summed E-state index contributed by atoms with van der Waals surface area (Å²) in [5, 5.41) is 13.6. The molecule has 2 heterocycles. The van der Waals surface area contributed by atoms with Gasteiger partial charge in [-0.2, -0.15) is 0 Å². The van der Waals surface area contributed by atoms with Crippen molar-refractivity contribution in [2.45, 2.75) is 163 Å². The number of esters is 1. The predicted octanol–water partition coefficient (Wildman–Crippen LogP) is 7.88. The van der Waals surface area contributed by atoms with Crippen LogP contribution in [0.4, 0.5) is 0 Å². The summed E-state index contributed by atoms with van der Waals surface area (Å²) in [5.74, 6) is -0.637. The minimum Gasteiger partial charge on any atom is -0.461 e. The SMILES string of the molecule is CCCCCCN(C(=O)[C@H]([C@@H](C)CC)N(C=O)[C@]1(C)CCCN1CCO[Si](C)(C)C(C)(C)C)[C@H](C[C@@H](O)c1nc(C(=O)OCC)cs1)C(C)C. The van der Waals surface area contributed by atoms with Crippen LogP contribution in [0.15, 0.2) is 5.38 Å². The number of carbonyl (C=O) groups is 3. The summed E-state index contributed by atoms with van der Waals surface area (Å²) in [6.45, 7) is 28.5. The molecule has 5 atom stereocenters. The Morgan fingerprint density at radius 1 is 1.16 bits per heavy atom. The minimum absolute atomic E-state index is 0.0255. The zero-order chi connectivity index (χ0) is 37.9. The first-order chi connectivity index (χ1) is 23.4. The van der Waals surface area contributed by atoms with Gasteiger partial charge in [0.05, 0.1) is 12.3 Å². The van der Waals surface area contributed by atoms with Gasteiger partial charge in [-0.15, -0.1) is 11.3 Å². The number of hydrogen-bond acceptors (Lipinski definition) is 9. The van der Waals surface area contributed by atoms with Crippen molar-refractivity contribution in [2.75, 3.05) is 32.8 Å². The molecule has 2 rings (SSSR count). The van der Waals surface area contributed by atoms with Gasteiger partial charge >= 0.3 is 5.97 Å². The smallest absolute Gasteiger partial charge is 0.357 e. The maximum atomic E-state index is 15.1. The van der Waals surface area contributed by atoms with E-state index in [0.717, 1.165) is 57.9 Å². The van der Waals surface area contributed by atoms with Crippen LogP contribution < -0.4 is 0 Å². The van der Waals surface area contributed by atoms with Gasteiger partial charge in [-0.3, -0.25) is 14.5 Å². The lowest BCUT2D eigenvalue weighted by molar-refractivity contribution is -0.158. The van der Waals surface area contributed by atoms with Crippen LogP contribution in [0.2, 0.25) is 18.1 Å². The van der Waals surface area contributed by atoms with Crippen molar-refractivity contribution in [2.24, 2.45) is 11.8 Å². The number of carbonyl (C=O) groups excluding carboxylic acids is 3. The number of rotatable bonds is 22. The average molecular weight is 739 g/mol. The topological polar surface area (TPSA) is 113 Å². The summed E-state index contributed by atoms with van der Waals surface area (Å²) in [6.07, 6.45) is 6.65. The summed E-state index contributed by atoms with van der Waals surface area (Å²) in [4.78, 5) is 51.2. The maximum Gasteiger partial charge on any atom is 0.357 e. The lowest BCUT2D eigenvalue weighted by Crippen LogP contribution is -2.65. The van der Waals surface area contributed by atoms with E-state index in [4.69, 9.17) is 9.16 Å². The Bertz CT molecular complexity index is 1210. The lowest BCUT2D eigenvalue weighted by atomic mass is 9.90. The fourth-order valence-corrected chi connectivity index (χ4v) is 8.58. The molecular formula is C38H70N4O6SSi. The fraction of sp³-hybridized carbons (Fsp3) is 0.842. The monoisotopic (exact) mass is 738 g/mol. The highest BCUT2D eigenvalue weighted by Gasteiger charge is 2.49. The molecule has 288 valence electrons. The number of aliphatic hydroxyl groups is 1. The molecule has 0 radical (unpaired) electrons. The van der Waals surface area contributed by atoms with Gasteiger partial charge in [-0.25, -0.2) is 9.78 Å². The minimum atomic E-state index is -1.94. The van der Waals surface area contributed by atoms with E-state index in [1.54, 1.807) is 12.3 Å². The second kappa shape index (κ2) is 19.8. The third-order valence-electron chi connectivity index (χ3n) is 11.3. The first-order valence-electron chi connectivity index (χ1n) is 19.1. The van der Waals surface area contributed by atoms with Crippen LogP contribution in [0.3, 0.4) is 0 Å². The first-order valence-corrected chi connectivity index (χ1v) is 22.9. The van der Waals surface area contributed by atoms with Crippen LogP contribution in [0, 0.1) is 11.8 Å². The lowest BCUT2D eigenvalue weighted by Gasteiger charge is -2.49. The Morgan fingerprint density at radius 2 is 1.84 bits per heavy atom. The third-order valence-corrected chi connectivity index (χ3v) is 16.7. The molecule has 1 fully saturated rings. The van der Waals surface area contributed by atoms with E-state index < -0.39 is 32.1 Å². The third kappa shape index (κ3) is 11.3. The first kappa shape index (κ1) is 44.3. The fourth-order valence-electron chi connectivity index (χ4n) is 6.76. The number of nitrogens with zero attached hydrogens (tertiary/aromatic N) is 4. The molecule has 0 aromatic carbocycles. The highest BCUT2D eigenvalue weighted by atomic mass is 32.1. The Balaban J connectivity index is 2.47. The highest BCUT2D eigenvalue weighted by molar-refractivity contribution is 7.09. The molecule has 50 heavy (non-hydrogen) atoms. The summed E-state index contributed by atoms with van der Waals surface area (Å²) in [6, 6.07) is -0.969. The number of unbranched alkanes of at least 4 members (excludes halogenated alkanes) is 3. The molecule has 1 saturated heterocycles. The molecule has 1 N–H and O–H groups in total. The quantitative estimate of drug-likeness (QED) is 0.0554. The summed E-state index contributed by atoms with van der Waals surface area (Å²) < 4.78 is 11.7. The van der Waals surface area contributed by atoms with Crippen molar-refractivity contribution >= 4 is 37.9 Å². The number of thiazole rings is 1. The van der Waals surface area contributed by atoms with Crippen molar-refractivity contribution in [1.82, 2.24) is 19.7 Å². The van der Waals surface area contributed by atoms with Gasteiger partial charge in [-0.1, -0.05) is 81.1 Å². The standard InChI is InChI=1S/C38H70N4O6SSi/c1-13-16-17-18-22-41(31(28(4)5)25-32(44)34-39-30(26-49-34)36(46)47-15-3)35(45)33(29(6)14-2)42(27-43)38(10)20-19-21-40(38)23-24-48-50(11,12)37(7,8)9/h26-29,31-33,44H,13-25H2,1-12H3/t29-,31+,32+,33-,38+/m0/s1. The average Bonchev–Trinajstić information content (AvgIpc) is 3.69. The Labute approximate surface area is 308 Å². The van der Waals surface area contributed by atoms with Gasteiger partial charge in [0.1, 0.15) is 17.2 Å². The number of aliphatic hydroxyl groups excluding tert-OH is 1. The van der Waals surface area contributed by atoms with Gasteiger partial charge in [0.2, 0.25) is 12.3 Å². The van der Waals surface area contributed by atoms with Crippen molar-refractivity contribution in [3.05, 3.63) is 16.1 Å². The zero-order valence-electron chi connectivity index (χ0n) is 33.4. The Hall–Kier alpha value is -1.86. The summed E-state index contributed by atoms with van der Waals surface area (Å²) in [7, 11) is -1.94. The molecule has 12 heteroatoms. The van der Waals surface area contributed by atoms with E-state index in [9.17, 15) is 14.7 Å². The molecule has 0 spiro atoms. The summed E-state index contributed by atoms with van der Waals surface area (Å²) >= 11 is 1.23. The van der Waals surface area contributed by atoms with Gasteiger partial charge in [0.15, 0.2) is 14.0 Å². The van der Waals surface area contributed by atoms with E-state index in [1.807, 2.05) is 9.80 Å². The molecule has 0 saturated carbocycles. The normalized spacial score (nSPS) is 19.6. The predicted molar refractivity (Wildman–Crippen MR) is 206 cm³/mol. The molecule has 0 aliphatic carbocycles. The van der Waals surface area contributed by atoms with Crippen molar-refractivity contribution < 1.29 is 28.7 Å². The van der Waals surface area contributed by atoms with Crippen LogP contribution in [0.1, 0.15) is 142 Å². The maximum absolute atomic E-state index is 15.1. The van der Waals surface area contributed by atoms with Gasteiger partial charge in [0, 0.05) is 44.1 Å².